The summed E-state index contributed by atoms with van der Waals surface area (Å²) < 4.78 is 0. The number of nitrogens with zero attached hydrogens (tertiary/aromatic N) is 4. The summed E-state index contributed by atoms with van der Waals surface area (Å²) in [4.78, 5) is 38.2. The van der Waals surface area contributed by atoms with Crippen LogP contribution in [-0.4, -0.2) is 95.3 Å². The van der Waals surface area contributed by atoms with Crippen LogP contribution in [-0.2, 0) is 9.59 Å². The molecule has 0 radical (unpaired) electrons. The molecule has 2 aromatic rings. The molecular weight excluding hydrogens is 502 g/mol. The number of hydrogen-bond donors (Lipinski definition) is 3. The maximum absolute atomic E-state index is 13.5. The van der Waals surface area contributed by atoms with Gasteiger partial charge in [-0.3, -0.25) is 9.59 Å². The van der Waals surface area contributed by atoms with E-state index in [-0.39, 0.29) is 43.2 Å². The number of likely N-dealkylation sites (tertiary alicyclic amines) is 1. The monoisotopic (exact) mass is 543 g/mol. The van der Waals surface area contributed by atoms with Crippen LogP contribution in [0.5, 0.6) is 0 Å². The summed E-state index contributed by atoms with van der Waals surface area (Å²) in [7, 11) is 2.11. The number of aliphatic hydroxyl groups is 2. The molecule has 0 bridgehead atoms. The molecule has 2 amide bonds. The molecule has 0 saturated carbocycles. The second-order valence-corrected chi connectivity index (χ2v) is 11.9. The largest absolute Gasteiger partial charge is 0.394 e. The Morgan fingerprint density at radius 3 is 2.50 bits per heavy atom. The molecule has 0 aliphatic carbocycles. The number of benzene rings is 1. The summed E-state index contributed by atoms with van der Waals surface area (Å²) in [5.41, 5.74) is 5.69. The molecule has 0 spiro atoms. The highest BCUT2D eigenvalue weighted by atomic mass is 32.1. The molecule has 1 aromatic carbocycles. The van der Waals surface area contributed by atoms with Crippen molar-refractivity contribution in [3.8, 4) is 10.4 Å². The third-order valence-electron chi connectivity index (χ3n) is 8.01. The number of aryl methyl sites for hydroxylation is 1. The van der Waals surface area contributed by atoms with Crippen molar-refractivity contribution >= 4 is 28.8 Å². The van der Waals surface area contributed by atoms with Crippen molar-refractivity contribution in [3.05, 3.63) is 35.0 Å². The Morgan fingerprint density at radius 2 is 1.89 bits per heavy atom. The fraction of sp³-hybridized carbons (Fsp3) is 0.607. The molecular formula is C28H41N5O4S. The second kappa shape index (κ2) is 12.1. The zero-order valence-corrected chi connectivity index (χ0v) is 23.9. The third-order valence-corrected chi connectivity index (χ3v) is 8.99. The highest BCUT2D eigenvalue weighted by Crippen LogP contribution is 2.35. The number of amides is 2. The second-order valence-electron chi connectivity index (χ2n) is 11.0. The fourth-order valence-electron chi connectivity index (χ4n) is 5.22. The van der Waals surface area contributed by atoms with Crippen molar-refractivity contribution in [2.24, 2.45) is 11.8 Å². The number of likely N-dealkylation sites (N-methyl/N-ethyl adjacent to an activating group) is 1. The SMILES string of the molecule is Cc1ncsc1-c1ccc(C(CO)NC(=O)C2CC(O)CN2C(=O)C(C)C(C)C)c(N2CCN(C)CC2)c1. The van der Waals surface area contributed by atoms with Crippen molar-refractivity contribution < 1.29 is 19.8 Å². The van der Waals surface area contributed by atoms with Crippen molar-refractivity contribution in [2.45, 2.75) is 52.3 Å². The molecule has 4 rings (SSSR count). The first kappa shape index (κ1) is 28.5. The van der Waals surface area contributed by atoms with Gasteiger partial charge in [-0.05, 0) is 31.5 Å². The average Bonchev–Trinajstić information content (AvgIpc) is 3.51. The minimum Gasteiger partial charge on any atom is -0.394 e. The van der Waals surface area contributed by atoms with Gasteiger partial charge in [-0.15, -0.1) is 11.3 Å². The van der Waals surface area contributed by atoms with Crippen LogP contribution in [0, 0.1) is 18.8 Å². The van der Waals surface area contributed by atoms with Gasteiger partial charge >= 0.3 is 0 Å². The topological polar surface area (TPSA) is 109 Å². The van der Waals surface area contributed by atoms with E-state index in [0.29, 0.717) is 0 Å². The number of piperazine rings is 1. The molecule has 9 nitrogen and oxygen atoms in total. The van der Waals surface area contributed by atoms with Crippen molar-refractivity contribution in [1.82, 2.24) is 20.1 Å². The summed E-state index contributed by atoms with van der Waals surface area (Å²) in [5, 5.41) is 23.8. The number of rotatable bonds is 8. The van der Waals surface area contributed by atoms with E-state index in [0.717, 1.165) is 53.6 Å². The normalized spacial score (nSPS) is 22.1. The maximum Gasteiger partial charge on any atom is 0.243 e. The lowest BCUT2D eigenvalue weighted by atomic mass is 9.96. The van der Waals surface area contributed by atoms with E-state index in [1.54, 1.807) is 11.3 Å². The minimum absolute atomic E-state index is 0.125. The van der Waals surface area contributed by atoms with Gasteiger partial charge in [-0.2, -0.15) is 0 Å². The van der Waals surface area contributed by atoms with Crippen LogP contribution in [0.1, 0.15) is 44.5 Å². The molecule has 208 valence electrons. The van der Waals surface area contributed by atoms with E-state index in [1.807, 2.05) is 45.3 Å². The Labute approximate surface area is 229 Å². The number of thiazole rings is 1. The van der Waals surface area contributed by atoms with Gasteiger partial charge in [0.05, 0.1) is 34.8 Å². The van der Waals surface area contributed by atoms with Crippen molar-refractivity contribution in [2.75, 3.05) is 51.3 Å². The summed E-state index contributed by atoms with van der Waals surface area (Å²) in [6.07, 6.45) is -0.556. The number of carbonyl (C=O) groups excluding carboxylic acids is 2. The first-order chi connectivity index (χ1) is 18.1. The molecule has 4 unspecified atom stereocenters. The quantitative estimate of drug-likeness (QED) is 0.469. The van der Waals surface area contributed by atoms with E-state index in [4.69, 9.17) is 0 Å². The smallest absolute Gasteiger partial charge is 0.243 e. The van der Waals surface area contributed by atoms with E-state index >= 15 is 0 Å². The Balaban J connectivity index is 1.62. The van der Waals surface area contributed by atoms with Gasteiger partial charge < -0.3 is 30.2 Å². The molecule has 3 heterocycles. The predicted molar refractivity (Wildman–Crippen MR) is 150 cm³/mol. The zero-order valence-electron chi connectivity index (χ0n) is 23.1. The van der Waals surface area contributed by atoms with Crippen molar-refractivity contribution in [1.29, 1.82) is 0 Å². The number of anilines is 1. The minimum atomic E-state index is -0.765. The average molecular weight is 544 g/mol. The van der Waals surface area contributed by atoms with E-state index in [2.05, 4.69) is 33.2 Å². The number of carbonyl (C=O) groups is 2. The van der Waals surface area contributed by atoms with E-state index in [1.165, 1.54) is 4.90 Å². The number of β-amino-alcohol motifs (C(OH)–C–C–N with tert-alkyl or cyclic N) is 1. The molecule has 3 N–H and O–H groups in total. The Bertz CT molecular complexity index is 1130. The third kappa shape index (κ3) is 6.03. The van der Waals surface area contributed by atoms with Crippen LogP contribution in [0.3, 0.4) is 0 Å². The van der Waals surface area contributed by atoms with Gasteiger partial charge in [0.25, 0.3) is 0 Å². The first-order valence-electron chi connectivity index (χ1n) is 13.5. The lowest BCUT2D eigenvalue weighted by Gasteiger charge is -2.36. The number of aliphatic hydroxyl groups excluding tert-OH is 2. The highest BCUT2D eigenvalue weighted by Gasteiger charge is 2.41. The zero-order chi connectivity index (χ0) is 27.6. The lowest BCUT2D eigenvalue weighted by Crippen LogP contribution is -2.49. The van der Waals surface area contributed by atoms with Gasteiger partial charge in [0.1, 0.15) is 6.04 Å². The summed E-state index contributed by atoms with van der Waals surface area (Å²) in [5.74, 6) is -0.604. The van der Waals surface area contributed by atoms with Crippen molar-refractivity contribution in [3.63, 3.8) is 0 Å². The maximum atomic E-state index is 13.5. The Morgan fingerprint density at radius 1 is 1.18 bits per heavy atom. The van der Waals surface area contributed by atoms with Gasteiger partial charge in [-0.1, -0.05) is 32.9 Å². The van der Waals surface area contributed by atoms with Gasteiger partial charge in [0.15, 0.2) is 0 Å². The predicted octanol–water partition coefficient (Wildman–Crippen LogP) is 2.27. The summed E-state index contributed by atoms with van der Waals surface area (Å²) >= 11 is 1.60. The standard InChI is InChI=1S/C28H41N5O4S/c1-17(2)18(3)28(37)33-14-21(35)13-25(33)27(36)30-23(15-34)22-7-6-20(26-19(4)29-16-38-26)12-24(22)32-10-8-31(5)9-11-32/h6-7,12,16-18,21,23,25,34-35H,8-11,13-15H2,1-5H3,(H,30,36). The van der Waals surface area contributed by atoms with E-state index in [9.17, 15) is 19.8 Å². The van der Waals surface area contributed by atoms with E-state index < -0.39 is 18.2 Å². The molecule has 2 saturated heterocycles. The van der Waals surface area contributed by atoms with Crippen LogP contribution in [0.25, 0.3) is 10.4 Å². The highest BCUT2D eigenvalue weighted by molar-refractivity contribution is 7.13. The van der Waals surface area contributed by atoms with Gasteiger partial charge in [-0.25, -0.2) is 4.98 Å². The van der Waals surface area contributed by atoms with Gasteiger partial charge in [0.2, 0.25) is 11.8 Å². The molecule has 10 heteroatoms. The number of hydrogen-bond acceptors (Lipinski definition) is 8. The number of aromatic nitrogens is 1. The van der Waals surface area contributed by atoms with Crippen LogP contribution in [0.4, 0.5) is 5.69 Å². The summed E-state index contributed by atoms with van der Waals surface area (Å²) in [6, 6.07) is 4.72. The summed E-state index contributed by atoms with van der Waals surface area (Å²) in [6.45, 7) is 11.2. The van der Waals surface area contributed by atoms with Crippen LogP contribution < -0.4 is 10.2 Å². The molecule has 2 aliphatic rings. The van der Waals surface area contributed by atoms with Gasteiger partial charge in [0, 0.05) is 56.3 Å². The van der Waals surface area contributed by atoms with Crippen LogP contribution in [0.15, 0.2) is 23.7 Å². The molecule has 2 aliphatic heterocycles. The molecule has 1 aromatic heterocycles. The fourth-order valence-corrected chi connectivity index (χ4v) is 6.02. The lowest BCUT2D eigenvalue weighted by molar-refractivity contribution is -0.142. The Kier molecular flexibility index (Phi) is 9.07. The first-order valence-corrected chi connectivity index (χ1v) is 14.4. The van der Waals surface area contributed by atoms with Crippen LogP contribution in [0.2, 0.25) is 0 Å². The van der Waals surface area contributed by atoms with Crippen LogP contribution >= 0.6 is 11.3 Å². The molecule has 38 heavy (non-hydrogen) atoms. The Hall–Kier alpha value is -2.53. The number of nitrogens with one attached hydrogen (secondary N) is 1. The molecule has 4 atom stereocenters. The molecule has 2 fully saturated rings.